The molecule has 0 saturated carbocycles. The van der Waals surface area contributed by atoms with Gasteiger partial charge in [0.1, 0.15) is 0 Å². The van der Waals surface area contributed by atoms with Gasteiger partial charge in [-0.15, -0.1) is 0 Å². The maximum absolute atomic E-state index is 4.90. The normalized spacial score (nSPS) is 18.3. The largest absolute Gasteiger partial charge is 0.312 e. The highest BCUT2D eigenvalue weighted by molar-refractivity contribution is 5.30. The van der Waals surface area contributed by atoms with Crippen LogP contribution >= 0.6 is 0 Å². The fourth-order valence-electron chi connectivity index (χ4n) is 6.34. The Morgan fingerprint density at radius 3 is 2.50 bits per heavy atom. The van der Waals surface area contributed by atoms with Gasteiger partial charge in [0.2, 0.25) is 0 Å². The third-order valence-corrected chi connectivity index (χ3v) is 8.61. The van der Waals surface area contributed by atoms with E-state index in [-0.39, 0.29) is 0 Å². The van der Waals surface area contributed by atoms with Gasteiger partial charge >= 0.3 is 0 Å². The summed E-state index contributed by atoms with van der Waals surface area (Å²) >= 11 is 0. The summed E-state index contributed by atoms with van der Waals surface area (Å²) in [6.07, 6.45) is 12.6. The predicted octanol–water partition coefficient (Wildman–Crippen LogP) is 5.79. The lowest BCUT2D eigenvalue weighted by atomic mass is 9.89. The SMILES string of the molecule is c1ccc2c(c1)CN[C@@H](CCN(Cc1ccc(CNCCc3ccncc3)cc1)[C@H]1CCCc3cccnc31)C2. The number of hydrogen-bond donors (Lipinski definition) is 2. The molecule has 4 aromatic rings. The summed E-state index contributed by atoms with van der Waals surface area (Å²) in [5.41, 5.74) is 9.72. The van der Waals surface area contributed by atoms with Crippen molar-refractivity contribution >= 4 is 0 Å². The lowest BCUT2D eigenvalue weighted by Gasteiger charge is -2.36. The Morgan fingerprint density at radius 2 is 1.62 bits per heavy atom. The van der Waals surface area contributed by atoms with Crippen molar-refractivity contribution in [2.75, 3.05) is 13.1 Å². The van der Waals surface area contributed by atoms with E-state index in [1.54, 1.807) is 0 Å². The van der Waals surface area contributed by atoms with Crippen molar-refractivity contribution in [3.63, 3.8) is 0 Å². The molecule has 0 saturated heterocycles. The zero-order valence-electron chi connectivity index (χ0n) is 23.4. The molecule has 0 unspecified atom stereocenters. The number of hydrogen-bond acceptors (Lipinski definition) is 5. The van der Waals surface area contributed by atoms with E-state index in [1.165, 1.54) is 51.9 Å². The second-order valence-electron chi connectivity index (χ2n) is 11.4. The number of benzene rings is 2. The van der Waals surface area contributed by atoms with Crippen LogP contribution < -0.4 is 10.6 Å². The van der Waals surface area contributed by atoms with Crippen LogP contribution in [-0.2, 0) is 38.9 Å². The van der Waals surface area contributed by atoms with Gasteiger partial charge in [-0.2, -0.15) is 0 Å². The standard InChI is InChI=1S/C35H41N5/c1-2-6-32-25-39-33(23-31(32)5-1)17-22-40(34-9-3-7-30-8-4-18-38-35(30)34)26-29-12-10-28(11-13-29)24-37-21-16-27-14-19-36-20-15-27/h1-2,4-6,8,10-15,18-20,33-34,37,39H,3,7,9,16-17,21-26H2/t33-,34-/m0/s1. The van der Waals surface area contributed by atoms with Gasteiger partial charge in [-0.3, -0.25) is 14.9 Å². The molecule has 5 heteroatoms. The van der Waals surface area contributed by atoms with Crippen LogP contribution in [0.2, 0.25) is 0 Å². The lowest BCUT2D eigenvalue weighted by molar-refractivity contribution is 0.156. The average molecular weight is 532 g/mol. The summed E-state index contributed by atoms with van der Waals surface area (Å²) in [6, 6.07) is 27.6. The van der Waals surface area contributed by atoms with Crippen LogP contribution in [0.15, 0.2) is 91.4 Å². The number of aryl methyl sites for hydroxylation is 1. The quantitative estimate of drug-likeness (QED) is 0.240. The highest BCUT2D eigenvalue weighted by Gasteiger charge is 2.28. The number of rotatable bonds is 11. The summed E-state index contributed by atoms with van der Waals surface area (Å²) in [6.45, 7) is 4.86. The predicted molar refractivity (Wildman–Crippen MR) is 162 cm³/mol. The molecule has 0 amide bonds. The van der Waals surface area contributed by atoms with E-state index in [1.807, 2.05) is 18.6 Å². The van der Waals surface area contributed by atoms with E-state index in [0.717, 1.165) is 58.4 Å². The van der Waals surface area contributed by atoms with E-state index in [2.05, 4.69) is 93.3 Å². The van der Waals surface area contributed by atoms with Crippen molar-refractivity contribution < 1.29 is 0 Å². The molecule has 2 aromatic heterocycles. The Morgan fingerprint density at radius 1 is 0.825 bits per heavy atom. The molecular formula is C35H41N5. The Hall–Kier alpha value is -3.38. The Balaban J connectivity index is 1.10. The van der Waals surface area contributed by atoms with Gasteiger partial charge in [-0.1, -0.05) is 54.6 Å². The molecule has 206 valence electrons. The molecule has 0 radical (unpaired) electrons. The smallest absolute Gasteiger partial charge is 0.0607 e. The first kappa shape index (κ1) is 26.8. The Kier molecular flexibility index (Phi) is 8.93. The third-order valence-electron chi connectivity index (χ3n) is 8.61. The number of fused-ring (bicyclic) bond motifs is 2. The molecule has 0 bridgehead atoms. The molecule has 2 aromatic carbocycles. The van der Waals surface area contributed by atoms with Crippen LogP contribution in [0.4, 0.5) is 0 Å². The van der Waals surface area contributed by atoms with Crippen LogP contribution in [0, 0.1) is 0 Å². The number of aromatic nitrogens is 2. The minimum absolute atomic E-state index is 0.385. The van der Waals surface area contributed by atoms with Crippen LogP contribution in [-0.4, -0.2) is 34.0 Å². The van der Waals surface area contributed by atoms with Crippen molar-refractivity contribution in [1.82, 2.24) is 25.5 Å². The van der Waals surface area contributed by atoms with E-state index in [4.69, 9.17) is 4.98 Å². The monoisotopic (exact) mass is 531 g/mol. The zero-order valence-corrected chi connectivity index (χ0v) is 23.4. The van der Waals surface area contributed by atoms with Gasteiger partial charge < -0.3 is 10.6 Å². The summed E-state index contributed by atoms with van der Waals surface area (Å²) in [7, 11) is 0. The molecule has 2 aliphatic rings. The fourth-order valence-corrected chi connectivity index (χ4v) is 6.34. The van der Waals surface area contributed by atoms with Crippen LogP contribution in [0.5, 0.6) is 0 Å². The van der Waals surface area contributed by atoms with Gasteiger partial charge in [-0.25, -0.2) is 0 Å². The van der Waals surface area contributed by atoms with Crippen LogP contribution in [0.1, 0.15) is 64.4 Å². The number of pyridine rings is 2. The zero-order chi connectivity index (χ0) is 27.0. The molecule has 6 rings (SSSR count). The highest BCUT2D eigenvalue weighted by Crippen LogP contribution is 2.34. The van der Waals surface area contributed by atoms with Crippen molar-refractivity contribution in [3.05, 3.63) is 130 Å². The number of nitrogens with one attached hydrogen (secondary N) is 2. The van der Waals surface area contributed by atoms with Gasteiger partial charge in [0.25, 0.3) is 0 Å². The maximum Gasteiger partial charge on any atom is 0.0607 e. The van der Waals surface area contributed by atoms with Gasteiger partial charge in [0.05, 0.1) is 11.7 Å². The van der Waals surface area contributed by atoms with Crippen molar-refractivity contribution in [2.45, 2.75) is 70.2 Å². The van der Waals surface area contributed by atoms with Crippen molar-refractivity contribution in [1.29, 1.82) is 0 Å². The molecule has 2 atom stereocenters. The molecule has 5 nitrogen and oxygen atoms in total. The summed E-state index contributed by atoms with van der Waals surface area (Å²) in [5.74, 6) is 0. The van der Waals surface area contributed by atoms with E-state index >= 15 is 0 Å². The lowest BCUT2D eigenvalue weighted by Crippen LogP contribution is -2.40. The summed E-state index contributed by atoms with van der Waals surface area (Å²) in [5, 5.41) is 7.40. The molecular weight excluding hydrogens is 490 g/mol. The average Bonchev–Trinajstić information content (AvgIpc) is 3.02. The molecule has 0 fully saturated rings. The van der Waals surface area contributed by atoms with Gasteiger partial charge in [-0.05, 0) is 96.6 Å². The van der Waals surface area contributed by atoms with Crippen molar-refractivity contribution in [2.24, 2.45) is 0 Å². The van der Waals surface area contributed by atoms with Gasteiger partial charge in [0.15, 0.2) is 0 Å². The molecule has 1 aliphatic heterocycles. The fraction of sp³-hybridized carbons (Fsp3) is 0.371. The Bertz CT molecular complexity index is 1350. The van der Waals surface area contributed by atoms with Gasteiger partial charge in [0, 0.05) is 50.8 Å². The van der Waals surface area contributed by atoms with Crippen LogP contribution in [0.25, 0.3) is 0 Å². The third kappa shape index (κ3) is 6.84. The first-order valence-corrected chi connectivity index (χ1v) is 15.0. The molecule has 1 aliphatic carbocycles. The first-order chi connectivity index (χ1) is 19.8. The second kappa shape index (κ2) is 13.3. The second-order valence-corrected chi connectivity index (χ2v) is 11.4. The molecule has 2 N–H and O–H groups in total. The summed E-state index contributed by atoms with van der Waals surface area (Å²) < 4.78 is 0. The summed E-state index contributed by atoms with van der Waals surface area (Å²) in [4.78, 5) is 11.7. The number of nitrogens with zero attached hydrogens (tertiary/aromatic N) is 3. The highest BCUT2D eigenvalue weighted by atomic mass is 15.2. The molecule has 0 spiro atoms. The molecule has 40 heavy (non-hydrogen) atoms. The van der Waals surface area contributed by atoms with E-state index in [9.17, 15) is 0 Å². The van der Waals surface area contributed by atoms with Crippen molar-refractivity contribution in [3.8, 4) is 0 Å². The topological polar surface area (TPSA) is 53.1 Å². The van der Waals surface area contributed by atoms with E-state index in [0.29, 0.717) is 12.1 Å². The first-order valence-electron chi connectivity index (χ1n) is 15.0. The van der Waals surface area contributed by atoms with Crippen LogP contribution in [0.3, 0.4) is 0 Å². The van der Waals surface area contributed by atoms with E-state index < -0.39 is 0 Å². The minimum atomic E-state index is 0.385. The molecule has 3 heterocycles. The maximum atomic E-state index is 4.90. The Labute approximate surface area is 239 Å². The minimum Gasteiger partial charge on any atom is -0.312 e.